The molecule has 5 heteroatoms. The minimum atomic E-state index is -0.326. The van der Waals surface area contributed by atoms with E-state index >= 15 is 0 Å². The summed E-state index contributed by atoms with van der Waals surface area (Å²) in [7, 11) is 0. The van der Waals surface area contributed by atoms with Gasteiger partial charge in [-0.15, -0.1) is 0 Å². The van der Waals surface area contributed by atoms with E-state index in [9.17, 15) is 9.59 Å². The maximum atomic E-state index is 12.9. The third-order valence-electron chi connectivity index (χ3n) is 7.55. The Morgan fingerprint density at radius 1 is 0.658 bits per heavy atom. The number of nitrogens with zero attached hydrogens (tertiary/aromatic N) is 1. The molecule has 2 aliphatic rings. The molecule has 38 heavy (non-hydrogen) atoms. The van der Waals surface area contributed by atoms with E-state index in [1.54, 1.807) is 0 Å². The fourth-order valence-electron chi connectivity index (χ4n) is 5.86. The molecule has 0 aliphatic carbocycles. The van der Waals surface area contributed by atoms with Crippen LogP contribution in [0.2, 0.25) is 0 Å². The van der Waals surface area contributed by atoms with Gasteiger partial charge in [0.1, 0.15) is 0 Å². The van der Waals surface area contributed by atoms with E-state index in [1.807, 2.05) is 73.1 Å². The number of imide groups is 1. The SMILES string of the molecule is O=C1NC(=O)C(c2cn3c4c(cccc24)CCC3)=C1c1cccc2ccccc12.c1ccc2[nH]ccc2c1. The number of aryl methyl sites for hydroxylation is 2. The number of nitrogens with one attached hydrogen (secondary N) is 2. The monoisotopic (exact) mass is 495 g/mol. The molecule has 0 atom stereocenters. The van der Waals surface area contributed by atoms with Crippen molar-refractivity contribution >= 4 is 55.5 Å². The first-order chi connectivity index (χ1) is 18.7. The molecule has 184 valence electrons. The van der Waals surface area contributed by atoms with Crippen molar-refractivity contribution in [3.8, 4) is 0 Å². The number of benzene rings is 4. The number of carbonyl (C=O) groups is 2. The Hall–Kier alpha value is -4.90. The molecule has 0 spiro atoms. The van der Waals surface area contributed by atoms with Crippen molar-refractivity contribution in [2.45, 2.75) is 19.4 Å². The van der Waals surface area contributed by atoms with Gasteiger partial charge in [-0.05, 0) is 52.3 Å². The van der Waals surface area contributed by atoms with Gasteiger partial charge in [0.25, 0.3) is 11.8 Å². The number of aromatic nitrogens is 2. The molecule has 0 unspecified atom stereocenters. The van der Waals surface area contributed by atoms with Gasteiger partial charge in [0, 0.05) is 35.4 Å². The van der Waals surface area contributed by atoms with Crippen LogP contribution in [0.4, 0.5) is 0 Å². The molecular formula is C33H25N3O2. The van der Waals surface area contributed by atoms with Crippen molar-refractivity contribution in [2.75, 3.05) is 0 Å². The maximum Gasteiger partial charge on any atom is 0.259 e. The first-order valence-electron chi connectivity index (χ1n) is 12.9. The van der Waals surface area contributed by atoms with Gasteiger partial charge in [-0.25, -0.2) is 0 Å². The van der Waals surface area contributed by atoms with Gasteiger partial charge in [-0.3, -0.25) is 14.9 Å². The van der Waals surface area contributed by atoms with Crippen molar-refractivity contribution in [1.82, 2.24) is 14.9 Å². The van der Waals surface area contributed by atoms with E-state index in [-0.39, 0.29) is 11.8 Å². The maximum absolute atomic E-state index is 12.9. The number of rotatable bonds is 2. The van der Waals surface area contributed by atoms with E-state index in [2.05, 4.69) is 45.2 Å². The lowest BCUT2D eigenvalue weighted by molar-refractivity contribution is -0.122. The Balaban J connectivity index is 0.000000227. The molecule has 0 fully saturated rings. The van der Waals surface area contributed by atoms with Crippen LogP contribution in [0.3, 0.4) is 0 Å². The molecule has 2 amide bonds. The quantitative estimate of drug-likeness (QED) is 0.270. The molecule has 6 aromatic rings. The van der Waals surface area contributed by atoms with Crippen LogP contribution < -0.4 is 5.32 Å². The van der Waals surface area contributed by atoms with Crippen molar-refractivity contribution < 1.29 is 9.59 Å². The number of para-hydroxylation sites is 2. The lowest BCUT2D eigenvalue weighted by Crippen LogP contribution is -2.22. The van der Waals surface area contributed by atoms with E-state index in [0.29, 0.717) is 11.1 Å². The molecule has 0 saturated heterocycles. The highest BCUT2D eigenvalue weighted by Crippen LogP contribution is 2.39. The molecule has 8 rings (SSSR count). The first kappa shape index (κ1) is 22.3. The van der Waals surface area contributed by atoms with Crippen LogP contribution >= 0.6 is 0 Å². The van der Waals surface area contributed by atoms with Crippen LogP contribution in [0.15, 0.2) is 103 Å². The summed E-state index contributed by atoms with van der Waals surface area (Å²) in [6.45, 7) is 0.931. The molecule has 4 aromatic carbocycles. The Morgan fingerprint density at radius 2 is 1.37 bits per heavy atom. The minimum Gasteiger partial charge on any atom is -0.361 e. The van der Waals surface area contributed by atoms with E-state index in [1.165, 1.54) is 22.0 Å². The second-order valence-electron chi connectivity index (χ2n) is 9.78. The lowest BCUT2D eigenvalue weighted by atomic mass is 9.92. The molecular weight excluding hydrogens is 470 g/mol. The zero-order chi connectivity index (χ0) is 25.6. The molecule has 2 aromatic heterocycles. The van der Waals surface area contributed by atoms with Gasteiger partial charge in [0.15, 0.2) is 0 Å². The van der Waals surface area contributed by atoms with Crippen molar-refractivity contribution in [3.63, 3.8) is 0 Å². The largest absolute Gasteiger partial charge is 0.361 e. The van der Waals surface area contributed by atoms with Gasteiger partial charge >= 0.3 is 0 Å². The van der Waals surface area contributed by atoms with Crippen molar-refractivity contribution in [2.24, 2.45) is 0 Å². The zero-order valence-electron chi connectivity index (χ0n) is 20.7. The van der Waals surface area contributed by atoms with Crippen LogP contribution in [0, 0.1) is 0 Å². The third-order valence-corrected chi connectivity index (χ3v) is 7.55. The van der Waals surface area contributed by atoms with Crippen molar-refractivity contribution in [1.29, 1.82) is 0 Å². The highest BCUT2D eigenvalue weighted by Gasteiger charge is 2.35. The highest BCUT2D eigenvalue weighted by molar-refractivity contribution is 6.50. The number of H-pyrrole nitrogens is 1. The summed E-state index contributed by atoms with van der Waals surface area (Å²) in [5.74, 6) is -0.644. The van der Waals surface area contributed by atoms with Crippen LogP contribution in [-0.2, 0) is 22.6 Å². The van der Waals surface area contributed by atoms with E-state index in [4.69, 9.17) is 0 Å². The average Bonchev–Trinajstić information content (AvgIpc) is 3.65. The Labute approximate surface area is 219 Å². The second-order valence-corrected chi connectivity index (χ2v) is 9.78. The summed E-state index contributed by atoms with van der Waals surface area (Å²) in [6, 6.07) is 30.4. The number of aromatic amines is 1. The van der Waals surface area contributed by atoms with Crippen molar-refractivity contribution in [3.05, 3.63) is 120 Å². The molecule has 2 N–H and O–H groups in total. The number of hydrogen-bond donors (Lipinski definition) is 2. The summed E-state index contributed by atoms with van der Waals surface area (Å²) in [6.07, 6.45) is 6.12. The fourth-order valence-corrected chi connectivity index (χ4v) is 5.86. The number of carbonyl (C=O) groups excluding carboxylic acids is 2. The Morgan fingerprint density at radius 3 is 2.24 bits per heavy atom. The number of hydrogen-bond acceptors (Lipinski definition) is 2. The van der Waals surface area contributed by atoms with Crippen LogP contribution in [0.1, 0.15) is 23.1 Å². The molecule has 2 aliphatic heterocycles. The van der Waals surface area contributed by atoms with Gasteiger partial charge in [0.05, 0.1) is 16.7 Å². The summed E-state index contributed by atoms with van der Waals surface area (Å²) in [5, 5.41) is 6.88. The Kier molecular flexibility index (Phi) is 5.22. The highest BCUT2D eigenvalue weighted by atomic mass is 16.2. The third kappa shape index (κ3) is 3.55. The summed E-state index contributed by atoms with van der Waals surface area (Å²) in [5.41, 5.74) is 6.29. The van der Waals surface area contributed by atoms with Crippen LogP contribution in [-0.4, -0.2) is 21.4 Å². The zero-order valence-corrected chi connectivity index (χ0v) is 20.7. The minimum absolute atomic E-state index is 0.318. The van der Waals surface area contributed by atoms with Crippen LogP contribution in [0.5, 0.6) is 0 Å². The van der Waals surface area contributed by atoms with E-state index in [0.717, 1.165) is 46.7 Å². The number of amides is 2. The first-order valence-corrected chi connectivity index (χ1v) is 12.9. The van der Waals surface area contributed by atoms with Crippen LogP contribution in [0.25, 0.3) is 43.7 Å². The second kappa shape index (κ2) is 8.89. The predicted octanol–water partition coefficient (Wildman–Crippen LogP) is 6.48. The van der Waals surface area contributed by atoms with Gasteiger partial charge < -0.3 is 9.55 Å². The normalized spacial score (nSPS) is 14.7. The topological polar surface area (TPSA) is 66.9 Å². The number of fused-ring (bicyclic) bond motifs is 2. The summed E-state index contributed by atoms with van der Waals surface area (Å²) < 4.78 is 2.23. The average molecular weight is 496 g/mol. The molecule has 4 heterocycles. The molecule has 0 saturated carbocycles. The molecule has 0 radical (unpaired) electrons. The smallest absolute Gasteiger partial charge is 0.259 e. The van der Waals surface area contributed by atoms with Gasteiger partial charge in [-0.1, -0.05) is 78.9 Å². The fraction of sp³-hybridized carbons (Fsp3) is 0.0909. The summed E-state index contributed by atoms with van der Waals surface area (Å²) in [4.78, 5) is 29.0. The Bertz CT molecular complexity index is 1890. The van der Waals surface area contributed by atoms with Gasteiger partial charge in [0.2, 0.25) is 0 Å². The lowest BCUT2D eigenvalue weighted by Gasteiger charge is -2.14. The standard InChI is InChI=1S/C25H18N2O2.C8H7N/c28-24-21(18-11-3-7-15-6-1-2-10-17(15)18)22(25(29)26-24)20-14-27-13-5-9-16-8-4-12-19(20)23(16)27;1-2-4-8-7(3-1)5-6-9-8/h1-4,6-8,10-12,14H,5,9,13H2,(H,26,28,29);1-6,9H. The predicted molar refractivity (Wildman–Crippen MR) is 152 cm³/mol. The van der Waals surface area contributed by atoms with Gasteiger partial charge in [-0.2, -0.15) is 0 Å². The van der Waals surface area contributed by atoms with E-state index < -0.39 is 0 Å². The molecule has 0 bridgehead atoms. The molecule has 5 nitrogen and oxygen atoms in total. The summed E-state index contributed by atoms with van der Waals surface area (Å²) >= 11 is 0.